The highest BCUT2D eigenvalue weighted by atomic mass is 32.1. The summed E-state index contributed by atoms with van der Waals surface area (Å²) in [7, 11) is 4.66. The van der Waals surface area contributed by atoms with E-state index in [1.54, 1.807) is 39.5 Å². The van der Waals surface area contributed by atoms with E-state index in [-0.39, 0.29) is 18.0 Å². The van der Waals surface area contributed by atoms with Crippen LogP contribution < -0.4 is 30.2 Å². The third kappa shape index (κ3) is 7.61. The smallest absolute Gasteiger partial charge is 0.245 e. The topological polar surface area (TPSA) is 80.9 Å². The minimum atomic E-state index is -0.277. The predicted octanol–water partition coefficient (Wildman–Crippen LogP) is 3.62. The Hall–Kier alpha value is -2.48. The van der Waals surface area contributed by atoms with Crippen LogP contribution in [0.2, 0.25) is 0 Å². The van der Waals surface area contributed by atoms with Crippen molar-refractivity contribution in [2.24, 2.45) is 5.92 Å². The Morgan fingerprint density at radius 3 is 2.16 bits per heavy atom. The summed E-state index contributed by atoms with van der Waals surface area (Å²) in [5.74, 6) is 1.50. The zero-order valence-electron chi connectivity index (χ0n) is 19.1. The van der Waals surface area contributed by atoms with E-state index in [1.807, 2.05) is 13.8 Å². The van der Waals surface area contributed by atoms with Crippen molar-refractivity contribution in [1.82, 2.24) is 16.0 Å². The molecular weight excluding hydrogens is 414 g/mol. The van der Waals surface area contributed by atoms with Gasteiger partial charge in [0.15, 0.2) is 16.6 Å². The van der Waals surface area contributed by atoms with Crippen molar-refractivity contribution in [2.45, 2.75) is 58.2 Å². The highest BCUT2D eigenvalue weighted by molar-refractivity contribution is 7.80. The summed E-state index contributed by atoms with van der Waals surface area (Å²) >= 11 is 5.47. The lowest BCUT2D eigenvalue weighted by molar-refractivity contribution is -0.117. The number of thiocarbonyl (C=S) groups is 1. The number of methoxy groups -OCH3 is 3. The van der Waals surface area contributed by atoms with E-state index in [0.29, 0.717) is 28.4 Å². The van der Waals surface area contributed by atoms with Crippen LogP contribution >= 0.6 is 12.2 Å². The number of carbonyl (C=O) groups is 1. The average Bonchev–Trinajstić information content (AvgIpc) is 2.76. The van der Waals surface area contributed by atoms with Crippen LogP contribution in [0, 0.1) is 5.92 Å². The molecule has 1 aliphatic carbocycles. The maximum Gasteiger partial charge on any atom is 0.245 e. The van der Waals surface area contributed by atoms with E-state index < -0.39 is 0 Å². The van der Waals surface area contributed by atoms with Gasteiger partial charge in [0.25, 0.3) is 0 Å². The lowest BCUT2D eigenvalue weighted by Gasteiger charge is -2.28. The number of ether oxygens (including phenoxy) is 3. The largest absolute Gasteiger partial charge is 0.493 e. The zero-order valence-corrected chi connectivity index (χ0v) is 19.9. The maximum atomic E-state index is 12.5. The van der Waals surface area contributed by atoms with E-state index in [9.17, 15) is 4.79 Å². The molecule has 31 heavy (non-hydrogen) atoms. The highest BCUT2D eigenvalue weighted by Crippen LogP contribution is 2.38. The fraction of sp³-hybridized carbons (Fsp3) is 0.565. The van der Waals surface area contributed by atoms with Crippen molar-refractivity contribution in [2.75, 3.05) is 21.3 Å². The van der Waals surface area contributed by atoms with Gasteiger partial charge in [-0.1, -0.05) is 33.1 Å². The SMILES string of the molecule is COc1cc(/C=C/C(=O)NC(NC(=S)NC2CCCCC2)C(C)C)cc(OC)c1OC. The van der Waals surface area contributed by atoms with E-state index in [0.717, 1.165) is 18.4 Å². The molecule has 0 radical (unpaired) electrons. The van der Waals surface area contributed by atoms with E-state index >= 15 is 0 Å². The molecule has 0 aromatic heterocycles. The summed E-state index contributed by atoms with van der Waals surface area (Å²) in [6.07, 6.45) is 8.94. The second kappa shape index (κ2) is 12.4. The number of benzene rings is 1. The molecule has 1 aliphatic rings. The quantitative estimate of drug-likeness (QED) is 0.302. The Labute approximate surface area is 190 Å². The van der Waals surface area contributed by atoms with Gasteiger partial charge in [0.05, 0.1) is 21.3 Å². The maximum absolute atomic E-state index is 12.5. The standard InChI is InChI=1S/C23H35N3O4S/c1-15(2)22(26-23(31)24-17-9-7-6-8-10-17)25-20(27)12-11-16-13-18(28-3)21(30-5)19(14-16)29-4/h11-15,17,22H,6-10H2,1-5H3,(H,25,27)(H2,24,26,31)/b12-11+. The van der Waals surface area contributed by atoms with Crippen LogP contribution in [-0.2, 0) is 4.79 Å². The number of hydrogen-bond donors (Lipinski definition) is 3. The molecule has 0 bridgehead atoms. The van der Waals surface area contributed by atoms with Crippen LogP contribution in [0.5, 0.6) is 17.2 Å². The molecule has 8 heteroatoms. The molecule has 1 amide bonds. The molecule has 0 aliphatic heterocycles. The van der Waals surface area contributed by atoms with Crippen molar-refractivity contribution in [3.8, 4) is 17.2 Å². The predicted molar refractivity (Wildman–Crippen MR) is 128 cm³/mol. The fourth-order valence-electron chi connectivity index (χ4n) is 3.56. The van der Waals surface area contributed by atoms with Gasteiger partial charge in [-0.25, -0.2) is 0 Å². The van der Waals surface area contributed by atoms with Gasteiger partial charge >= 0.3 is 0 Å². The van der Waals surface area contributed by atoms with Crippen molar-refractivity contribution in [3.05, 3.63) is 23.8 Å². The van der Waals surface area contributed by atoms with Crippen LogP contribution in [0.15, 0.2) is 18.2 Å². The molecule has 0 saturated heterocycles. The molecule has 1 fully saturated rings. The Kier molecular flexibility index (Phi) is 9.91. The summed E-state index contributed by atoms with van der Waals surface area (Å²) in [5.41, 5.74) is 0.758. The first-order valence-electron chi connectivity index (χ1n) is 10.7. The molecule has 1 aromatic carbocycles. The molecule has 1 aromatic rings. The second-order valence-corrected chi connectivity index (χ2v) is 8.38. The van der Waals surface area contributed by atoms with Gasteiger partial charge in [-0.2, -0.15) is 0 Å². The molecule has 1 unspecified atom stereocenters. The van der Waals surface area contributed by atoms with Gasteiger partial charge in [0, 0.05) is 12.1 Å². The van der Waals surface area contributed by atoms with E-state index in [1.165, 1.54) is 25.3 Å². The zero-order chi connectivity index (χ0) is 22.8. The van der Waals surface area contributed by atoms with E-state index in [4.69, 9.17) is 26.4 Å². The Bertz CT molecular complexity index is 751. The first-order valence-corrected chi connectivity index (χ1v) is 11.1. The van der Waals surface area contributed by atoms with Gasteiger partial charge < -0.3 is 30.2 Å². The average molecular weight is 450 g/mol. The lowest BCUT2D eigenvalue weighted by Crippen LogP contribution is -2.55. The second-order valence-electron chi connectivity index (χ2n) is 7.98. The summed E-state index contributed by atoms with van der Waals surface area (Å²) in [4.78, 5) is 12.5. The summed E-state index contributed by atoms with van der Waals surface area (Å²) < 4.78 is 16.0. The van der Waals surface area contributed by atoms with Crippen molar-refractivity contribution in [3.63, 3.8) is 0 Å². The van der Waals surface area contributed by atoms with Crippen LogP contribution in [-0.4, -0.2) is 44.6 Å². The fourth-order valence-corrected chi connectivity index (χ4v) is 3.85. The van der Waals surface area contributed by atoms with E-state index in [2.05, 4.69) is 16.0 Å². The third-order valence-corrected chi connectivity index (χ3v) is 5.54. The number of rotatable bonds is 9. The van der Waals surface area contributed by atoms with Crippen molar-refractivity contribution >= 4 is 29.3 Å². The third-order valence-electron chi connectivity index (χ3n) is 5.31. The Balaban J connectivity index is 1.99. The monoisotopic (exact) mass is 449 g/mol. The molecule has 1 atom stereocenters. The van der Waals surface area contributed by atoms with Crippen molar-refractivity contribution < 1.29 is 19.0 Å². The van der Waals surface area contributed by atoms with Crippen LogP contribution in [0.25, 0.3) is 6.08 Å². The van der Waals surface area contributed by atoms with Gasteiger partial charge in [-0.05, 0) is 54.7 Å². The highest BCUT2D eigenvalue weighted by Gasteiger charge is 2.19. The first-order chi connectivity index (χ1) is 14.9. The molecule has 172 valence electrons. The molecule has 0 spiro atoms. The molecular formula is C23H35N3O4S. The van der Waals surface area contributed by atoms with Gasteiger partial charge in [0.1, 0.15) is 6.17 Å². The van der Waals surface area contributed by atoms with Gasteiger partial charge in [-0.15, -0.1) is 0 Å². The van der Waals surface area contributed by atoms with Crippen molar-refractivity contribution in [1.29, 1.82) is 0 Å². The number of carbonyl (C=O) groups excluding carboxylic acids is 1. The summed E-state index contributed by atoms with van der Waals surface area (Å²) in [6, 6.07) is 3.98. The summed E-state index contributed by atoms with van der Waals surface area (Å²) in [6.45, 7) is 4.06. The van der Waals surface area contributed by atoms with Gasteiger partial charge in [-0.3, -0.25) is 4.79 Å². The van der Waals surface area contributed by atoms with Crippen LogP contribution in [0.1, 0.15) is 51.5 Å². The van der Waals surface area contributed by atoms with Crippen LogP contribution in [0.4, 0.5) is 0 Å². The molecule has 3 N–H and O–H groups in total. The Morgan fingerprint density at radius 2 is 1.65 bits per heavy atom. The first kappa shape index (κ1) is 24.8. The van der Waals surface area contributed by atoms with Crippen LogP contribution in [0.3, 0.4) is 0 Å². The molecule has 7 nitrogen and oxygen atoms in total. The molecule has 0 heterocycles. The lowest BCUT2D eigenvalue weighted by atomic mass is 9.96. The normalized spacial score (nSPS) is 15.4. The number of nitrogens with one attached hydrogen (secondary N) is 3. The van der Waals surface area contributed by atoms with Gasteiger partial charge in [0.2, 0.25) is 11.7 Å². The number of hydrogen-bond acceptors (Lipinski definition) is 5. The Morgan fingerprint density at radius 1 is 1.03 bits per heavy atom. The molecule has 1 saturated carbocycles. The minimum Gasteiger partial charge on any atom is -0.493 e. The molecule has 2 rings (SSSR count). The summed E-state index contributed by atoms with van der Waals surface area (Å²) in [5, 5.41) is 10.2. The minimum absolute atomic E-state index is 0.157. The number of amides is 1.